The van der Waals surface area contributed by atoms with Gasteiger partial charge in [-0.05, 0) is 60.4 Å². The van der Waals surface area contributed by atoms with E-state index in [1.165, 1.54) is 11.1 Å². The van der Waals surface area contributed by atoms with E-state index >= 15 is 0 Å². The van der Waals surface area contributed by atoms with Gasteiger partial charge < -0.3 is 21.9 Å². The minimum Gasteiger partial charge on any atom is -0.455 e. The summed E-state index contributed by atoms with van der Waals surface area (Å²) in [4.78, 5) is 0. The number of anilines is 3. The molecule has 0 amide bonds. The van der Waals surface area contributed by atoms with E-state index in [4.69, 9.17) is 21.9 Å². The van der Waals surface area contributed by atoms with Crippen LogP contribution in [-0.2, 0) is 12.8 Å². The van der Waals surface area contributed by atoms with Crippen LogP contribution >= 0.6 is 0 Å². The number of hydrogen-bond donors (Lipinski definition) is 3. The summed E-state index contributed by atoms with van der Waals surface area (Å²) in [7, 11) is 0. The topological polar surface area (TPSA) is 87.3 Å². The van der Waals surface area contributed by atoms with E-state index in [-0.39, 0.29) is 0 Å². The molecule has 4 nitrogen and oxygen atoms in total. The van der Waals surface area contributed by atoms with E-state index in [1.54, 1.807) is 0 Å². The van der Waals surface area contributed by atoms with Crippen molar-refractivity contribution in [3.05, 3.63) is 77.9 Å². The Morgan fingerprint density at radius 3 is 1.62 bits per heavy atom. The normalized spacial score (nSPS) is 9.92. The van der Waals surface area contributed by atoms with Gasteiger partial charge in [0.1, 0.15) is 11.5 Å². The number of hydrogen-bond acceptors (Lipinski definition) is 4. The molecule has 4 heteroatoms. The average Bonchev–Trinajstić information content (AvgIpc) is 2.66. The third-order valence-electron chi connectivity index (χ3n) is 4.10. The molecule has 0 fully saturated rings. The van der Waals surface area contributed by atoms with Crippen molar-refractivity contribution in [2.75, 3.05) is 17.2 Å². The van der Waals surface area contributed by atoms with Crippen LogP contribution < -0.4 is 21.9 Å². The first-order chi connectivity index (χ1) is 12.6. The van der Waals surface area contributed by atoms with Crippen LogP contribution in [0.25, 0.3) is 0 Å². The van der Waals surface area contributed by atoms with Gasteiger partial charge in [0.2, 0.25) is 0 Å². The van der Waals surface area contributed by atoms with Gasteiger partial charge in [0.15, 0.2) is 0 Å². The van der Waals surface area contributed by atoms with Crippen LogP contribution in [0.15, 0.2) is 66.7 Å². The highest BCUT2D eigenvalue weighted by atomic mass is 16.5. The molecule has 0 spiro atoms. The molecule has 0 aliphatic rings. The van der Waals surface area contributed by atoms with Crippen LogP contribution in [0.3, 0.4) is 0 Å². The van der Waals surface area contributed by atoms with E-state index in [0.717, 1.165) is 30.0 Å². The summed E-state index contributed by atoms with van der Waals surface area (Å²) < 4.78 is 5.58. The number of nitrogens with two attached hydrogens (primary N) is 3. The molecular weight excluding hydrogens is 322 g/mol. The Kier molecular flexibility index (Phi) is 6.92. The molecule has 3 aromatic rings. The van der Waals surface area contributed by atoms with Gasteiger partial charge in [0, 0.05) is 11.4 Å². The van der Waals surface area contributed by atoms with Crippen LogP contribution in [0.5, 0.6) is 11.5 Å². The van der Waals surface area contributed by atoms with E-state index in [0.29, 0.717) is 11.4 Å². The molecule has 0 bridgehead atoms. The lowest BCUT2D eigenvalue weighted by Gasteiger charge is -2.11. The van der Waals surface area contributed by atoms with Crippen molar-refractivity contribution in [2.45, 2.75) is 26.7 Å². The molecule has 0 unspecified atom stereocenters. The van der Waals surface area contributed by atoms with Crippen LogP contribution in [0.2, 0.25) is 0 Å². The first-order valence-electron chi connectivity index (χ1n) is 8.79. The Hall–Kier alpha value is -3.14. The lowest BCUT2D eigenvalue weighted by atomic mass is 9.99. The maximum absolute atomic E-state index is 5.82. The molecule has 0 saturated heterocycles. The lowest BCUT2D eigenvalue weighted by molar-refractivity contribution is 0.485. The maximum atomic E-state index is 5.82. The van der Waals surface area contributed by atoms with Gasteiger partial charge in [-0.1, -0.05) is 44.2 Å². The summed E-state index contributed by atoms with van der Waals surface area (Å²) in [6, 6.07) is 20.8. The minimum atomic E-state index is 0.649. The first kappa shape index (κ1) is 19.2. The summed E-state index contributed by atoms with van der Waals surface area (Å²) in [5, 5.41) is 0. The molecule has 0 radical (unpaired) electrons. The second-order valence-electron chi connectivity index (χ2n) is 5.86. The summed E-state index contributed by atoms with van der Waals surface area (Å²) >= 11 is 0. The molecule has 136 valence electrons. The fraction of sp³-hybridized carbons (Fsp3) is 0.182. The van der Waals surface area contributed by atoms with E-state index < -0.39 is 0 Å². The third-order valence-corrected chi connectivity index (χ3v) is 4.10. The van der Waals surface area contributed by atoms with Crippen molar-refractivity contribution in [3.63, 3.8) is 0 Å². The van der Waals surface area contributed by atoms with Gasteiger partial charge in [-0.15, -0.1) is 0 Å². The Labute approximate surface area is 155 Å². The fourth-order valence-electron chi connectivity index (χ4n) is 2.75. The number of rotatable bonds is 4. The molecule has 26 heavy (non-hydrogen) atoms. The highest BCUT2D eigenvalue weighted by molar-refractivity contribution is 5.62. The van der Waals surface area contributed by atoms with E-state index in [1.807, 2.05) is 66.7 Å². The van der Waals surface area contributed by atoms with Gasteiger partial charge >= 0.3 is 0 Å². The van der Waals surface area contributed by atoms with Crippen LogP contribution in [0, 0.1) is 0 Å². The quantitative estimate of drug-likeness (QED) is 0.576. The Morgan fingerprint density at radius 1 is 0.615 bits per heavy atom. The zero-order valence-electron chi connectivity index (χ0n) is 15.4. The first-order valence-corrected chi connectivity index (χ1v) is 8.79. The van der Waals surface area contributed by atoms with Gasteiger partial charge in [0.25, 0.3) is 0 Å². The largest absolute Gasteiger partial charge is 0.455 e. The number of benzene rings is 3. The predicted octanol–water partition coefficient (Wildman–Crippen LogP) is 5.04. The van der Waals surface area contributed by atoms with E-state index in [2.05, 4.69) is 13.8 Å². The molecule has 0 aliphatic carbocycles. The molecule has 6 N–H and O–H groups in total. The number of para-hydroxylation sites is 3. The van der Waals surface area contributed by atoms with Crippen molar-refractivity contribution in [3.8, 4) is 11.5 Å². The molecule has 0 aromatic heterocycles. The molecule has 0 saturated carbocycles. The molecule has 3 aromatic carbocycles. The van der Waals surface area contributed by atoms with Gasteiger partial charge in [-0.25, -0.2) is 0 Å². The summed E-state index contributed by atoms with van der Waals surface area (Å²) in [5.74, 6) is 1.49. The fourth-order valence-corrected chi connectivity index (χ4v) is 2.75. The standard InChI is InChI=1S/C12H11NO.C10H16N2/c13-11-8-4-5-9-12(11)14-10-6-2-1-3-7-10;1-3-7-8(4-2)10(12)6-5-9(7)11/h1-9H,13H2;5-6H,3-4,11-12H2,1-2H3. The molecule has 0 atom stereocenters. The number of nitrogen functional groups attached to an aromatic ring is 3. The SMILES string of the molecule is CCc1c(N)ccc(N)c1CC.Nc1ccccc1Oc1ccccc1. The second-order valence-corrected chi connectivity index (χ2v) is 5.86. The molecule has 0 aliphatic heterocycles. The summed E-state index contributed by atoms with van der Waals surface area (Å²) in [6.07, 6.45) is 1.92. The number of ether oxygens (including phenoxy) is 1. The van der Waals surface area contributed by atoms with Crippen LogP contribution in [0.1, 0.15) is 25.0 Å². The maximum Gasteiger partial charge on any atom is 0.150 e. The third kappa shape index (κ3) is 4.93. The van der Waals surface area contributed by atoms with Crippen LogP contribution in [0.4, 0.5) is 17.1 Å². The zero-order valence-corrected chi connectivity index (χ0v) is 15.4. The van der Waals surface area contributed by atoms with Gasteiger partial charge in [0.05, 0.1) is 5.69 Å². The minimum absolute atomic E-state index is 0.649. The zero-order chi connectivity index (χ0) is 18.9. The van der Waals surface area contributed by atoms with Crippen molar-refractivity contribution in [1.29, 1.82) is 0 Å². The molecule has 3 rings (SSSR count). The Bertz CT molecular complexity index is 803. The van der Waals surface area contributed by atoms with Crippen molar-refractivity contribution < 1.29 is 4.74 Å². The highest BCUT2D eigenvalue weighted by Crippen LogP contribution is 2.26. The second kappa shape index (κ2) is 9.37. The van der Waals surface area contributed by atoms with Crippen molar-refractivity contribution >= 4 is 17.1 Å². The highest BCUT2D eigenvalue weighted by Gasteiger charge is 2.05. The summed E-state index contributed by atoms with van der Waals surface area (Å²) in [6.45, 7) is 4.20. The monoisotopic (exact) mass is 349 g/mol. The smallest absolute Gasteiger partial charge is 0.150 e. The van der Waals surface area contributed by atoms with Gasteiger partial charge in [-0.2, -0.15) is 0 Å². The Balaban J connectivity index is 0.000000190. The Morgan fingerprint density at radius 2 is 1.12 bits per heavy atom. The average molecular weight is 349 g/mol. The van der Waals surface area contributed by atoms with Crippen LogP contribution in [-0.4, -0.2) is 0 Å². The summed E-state index contributed by atoms with van der Waals surface area (Å²) in [5.41, 5.74) is 22.2. The predicted molar refractivity (Wildman–Crippen MR) is 111 cm³/mol. The lowest BCUT2D eigenvalue weighted by Crippen LogP contribution is -2.02. The van der Waals surface area contributed by atoms with E-state index in [9.17, 15) is 0 Å². The van der Waals surface area contributed by atoms with Crippen molar-refractivity contribution in [2.24, 2.45) is 0 Å². The molecular formula is C22H27N3O. The molecule has 0 heterocycles. The van der Waals surface area contributed by atoms with Gasteiger partial charge in [-0.3, -0.25) is 0 Å². The van der Waals surface area contributed by atoms with Crippen molar-refractivity contribution in [1.82, 2.24) is 0 Å².